The van der Waals surface area contributed by atoms with Gasteiger partial charge >= 0.3 is 5.97 Å². The van der Waals surface area contributed by atoms with Crippen LogP contribution in [0.25, 0.3) is 0 Å². The van der Waals surface area contributed by atoms with E-state index < -0.39 is 0 Å². The third-order valence-corrected chi connectivity index (χ3v) is 3.59. The van der Waals surface area contributed by atoms with Crippen molar-refractivity contribution in [3.05, 3.63) is 33.8 Å². The number of methoxy groups -OCH3 is 1. The summed E-state index contributed by atoms with van der Waals surface area (Å²) in [4.78, 5) is 11.7. The van der Waals surface area contributed by atoms with Gasteiger partial charge in [0.2, 0.25) is 0 Å². The summed E-state index contributed by atoms with van der Waals surface area (Å²) < 4.78 is 4.82. The zero-order chi connectivity index (χ0) is 11.7. The Bertz CT molecular complexity index is 413. The molecule has 2 nitrogen and oxygen atoms in total. The average molecular weight is 259 g/mol. The summed E-state index contributed by atoms with van der Waals surface area (Å²) in [6.45, 7) is 0. The third kappa shape index (κ3) is 2.33. The molecule has 0 N–H and O–H groups in total. The van der Waals surface area contributed by atoms with E-state index in [0.717, 1.165) is 18.4 Å². The van der Waals surface area contributed by atoms with Gasteiger partial charge in [-0.25, -0.2) is 0 Å². The molecule has 1 unspecified atom stereocenters. The number of hydrogen-bond acceptors (Lipinski definition) is 2. The van der Waals surface area contributed by atoms with Crippen LogP contribution < -0.4 is 0 Å². The normalized spacial score (nSPS) is 16.9. The first-order chi connectivity index (χ1) is 7.63. The molecule has 4 heteroatoms. The summed E-state index contributed by atoms with van der Waals surface area (Å²) in [5, 5.41) is 0.985. The molecule has 1 atom stereocenters. The molecule has 0 spiro atoms. The standard InChI is InChI=1S/C12H12Cl2O2/c1-16-12(15)11(7-2-3-7)8-4-5-9(13)10(14)6-8/h4-7,11H,2-3H2,1H3. The van der Waals surface area contributed by atoms with E-state index in [0.29, 0.717) is 16.0 Å². The van der Waals surface area contributed by atoms with E-state index in [4.69, 9.17) is 27.9 Å². The largest absolute Gasteiger partial charge is 0.469 e. The Balaban J connectivity index is 2.31. The number of esters is 1. The van der Waals surface area contributed by atoms with Crippen LogP contribution in [0.15, 0.2) is 18.2 Å². The van der Waals surface area contributed by atoms with E-state index >= 15 is 0 Å². The number of carbonyl (C=O) groups is 1. The maximum atomic E-state index is 11.7. The van der Waals surface area contributed by atoms with Crippen LogP contribution >= 0.6 is 23.2 Å². The predicted molar refractivity (Wildman–Crippen MR) is 63.9 cm³/mol. The lowest BCUT2D eigenvalue weighted by atomic mass is 9.94. The summed E-state index contributed by atoms with van der Waals surface area (Å²) >= 11 is 11.8. The molecular formula is C12H12Cl2O2. The van der Waals surface area contributed by atoms with Gasteiger partial charge in [0.15, 0.2) is 0 Å². The molecule has 16 heavy (non-hydrogen) atoms. The number of benzene rings is 1. The van der Waals surface area contributed by atoms with Crippen LogP contribution in [0.5, 0.6) is 0 Å². The molecule has 0 saturated heterocycles. The lowest BCUT2D eigenvalue weighted by Crippen LogP contribution is -2.16. The van der Waals surface area contributed by atoms with Crippen LogP contribution in [-0.4, -0.2) is 13.1 Å². The monoisotopic (exact) mass is 258 g/mol. The first-order valence-electron chi connectivity index (χ1n) is 5.16. The average Bonchev–Trinajstić information content (AvgIpc) is 3.07. The van der Waals surface area contributed by atoms with Crippen molar-refractivity contribution < 1.29 is 9.53 Å². The van der Waals surface area contributed by atoms with Crippen LogP contribution in [0.3, 0.4) is 0 Å². The lowest BCUT2D eigenvalue weighted by Gasteiger charge is -2.14. The molecule has 1 saturated carbocycles. The zero-order valence-corrected chi connectivity index (χ0v) is 10.4. The Hall–Kier alpha value is -0.730. The SMILES string of the molecule is COC(=O)C(c1ccc(Cl)c(Cl)c1)C1CC1. The minimum absolute atomic E-state index is 0.194. The second-order valence-electron chi connectivity index (χ2n) is 4.01. The maximum absolute atomic E-state index is 11.7. The fraction of sp³-hybridized carbons (Fsp3) is 0.417. The van der Waals surface area contributed by atoms with E-state index in [1.165, 1.54) is 7.11 Å². The number of ether oxygens (including phenoxy) is 1. The fourth-order valence-electron chi connectivity index (χ4n) is 1.86. The summed E-state index contributed by atoms with van der Waals surface area (Å²) in [7, 11) is 1.41. The minimum atomic E-state index is -0.195. The smallest absolute Gasteiger partial charge is 0.313 e. The Morgan fingerprint density at radius 3 is 2.56 bits per heavy atom. The van der Waals surface area contributed by atoms with Crippen LogP contribution in [0.2, 0.25) is 10.0 Å². The van der Waals surface area contributed by atoms with E-state index in [-0.39, 0.29) is 11.9 Å². The molecule has 1 aliphatic rings. The quantitative estimate of drug-likeness (QED) is 0.774. The van der Waals surface area contributed by atoms with Crippen LogP contribution in [-0.2, 0) is 9.53 Å². The topological polar surface area (TPSA) is 26.3 Å². The number of halogens is 2. The summed E-state index contributed by atoms with van der Waals surface area (Å²) in [6.07, 6.45) is 2.14. The Kier molecular flexibility index (Phi) is 3.41. The van der Waals surface area contributed by atoms with Gasteiger partial charge in [-0.1, -0.05) is 29.3 Å². The fourth-order valence-corrected chi connectivity index (χ4v) is 2.17. The van der Waals surface area contributed by atoms with Crippen molar-refractivity contribution in [1.29, 1.82) is 0 Å². The van der Waals surface area contributed by atoms with Crippen molar-refractivity contribution in [3.8, 4) is 0 Å². The van der Waals surface area contributed by atoms with E-state index in [9.17, 15) is 4.79 Å². The summed E-state index contributed by atoms with van der Waals surface area (Å²) in [5.41, 5.74) is 0.892. The van der Waals surface area contributed by atoms with Gasteiger partial charge in [-0.05, 0) is 36.5 Å². The molecule has 0 aliphatic heterocycles. The second kappa shape index (κ2) is 4.64. The summed E-state index contributed by atoms with van der Waals surface area (Å²) in [5.74, 6) is 0.00495. The molecule has 0 bridgehead atoms. The molecule has 1 aliphatic carbocycles. The molecule has 0 heterocycles. The van der Waals surface area contributed by atoms with Crippen LogP contribution in [0, 0.1) is 5.92 Å². The van der Waals surface area contributed by atoms with E-state index in [2.05, 4.69) is 0 Å². The van der Waals surface area contributed by atoms with Crippen molar-refractivity contribution in [3.63, 3.8) is 0 Å². The Morgan fingerprint density at radius 2 is 2.06 bits per heavy atom. The van der Waals surface area contributed by atoms with Gasteiger partial charge in [-0.2, -0.15) is 0 Å². The Labute approximate surface area is 104 Å². The predicted octanol–water partition coefficient (Wildman–Crippen LogP) is 3.66. The van der Waals surface area contributed by atoms with E-state index in [1.54, 1.807) is 12.1 Å². The number of rotatable bonds is 3. The highest BCUT2D eigenvalue weighted by molar-refractivity contribution is 6.42. The third-order valence-electron chi connectivity index (χ3n) is 2.85. The highest BCUT2D eigenvalue weighted by Crippen LogP contribution is 2.44. The molecule has 2 rings (SSSR count). The first kappa shape index (κ1) is 11.7. The number of hydrogen-bond donors (Lipinski definition) is 0. The van der Waals surface area contributed by atoms with Gasteiger partial charge in [0, 0.05) is 0 Å². The molecule has 1 aromatic carbocycles. The minimum Gasteiger partial charge on any atom is -0.469 e. The van der Waals surface area contributed by atoms with E-state index in [1.807, 2.05) is 6.07 Å². The van der Waals surface area contributed by atoms with Crippen molar-refractivity contribution in [2.24, 2.45) is 5.92 Å². The molecule has 1 fully saturated rings. The van der Waals surface area contributed by atoms with Gasteiger partial charge in [-0.15, -0.1) is 0 Å². The maximum Gasteiger partial charge on any atom is 0.313 e. The molecule has 0 amide bonds. The molecule has 1 aromatic rings. The van der Waals surface area contributed by atoms with Crippen LogP contribution in [0.4, 0.5) is 0 Å². The molecule has 0 aromatic heterocycles. The molecular weight excluding hydrogens is 247 g/mol. The second-order valence-corrected chi connectivity index (χ2v) is 4.83. The van der Waals surface area contributed by atoms with Gasteiger partial charge < -0.3 is 4.74 Å². The number of carbonyl (C=O) groups excluding carboxylic acids is 1. The van der Waals surface area contributed by atoms with Crippen LogP contribution in [0.1, 0.15) is 24.3 Å². The van der Waals surface area contributed by atoms with Gasteiger partial charge in [-0.3, -0.25) is 4.79 Å². The zero-order valence-electron chi connectivity index (χ0n) is 8.87. The highest BCUT2D eigenvalue weighted by atomic mass is 35.5. The van der Waals surface area contributed by atoms with Crippen molar-refractivity contribution in [1.82, 2.24) is 0 Å². The lowest BCUT2D eigenvalue weighted by molar-refractivity contribution is -0.143. The van der Waals surface area contributed by atoms with Crippen molar-refractivity contribution in [2.75, 3.05) is 7.11 Å². The first-order valence-corrected chi connectivity index (χ1v) is 5.92. The molecule has 0 radical (unpaired) electrons. The van der Waals surface area contributed by atoms with Crippen molar-refractivity contribution in [2.45, 2.75) is 18.8 Å². The molecule has 86 valence electrons. The highest BCUT2D eigenvalue weighted by Gasteiger charge is 2.38. The Morgan fingerprint density at radius 1 is 1.38 bits per heavy atom. The van der Waals surface area contributed by atoms with Gasteiger partial charge in [0.05, 0.1) is 23.1 Å². The van der Waals surface area contributed by atoms with Crippen molar-refractivity contribution >= 4 is 29.2 Å². The summed E-state index contributed by atoms with van der Waals surface area (Å²) in [6, 6.07) is 5.31. The van der Waals surface area contributed by atoms with Gasteiger partial charge in [0.25, 0.3) is 0 Å². The van der Waals surface area contributed by atoms with Gasteiger partial charge in [0.1, 0.15) is 0 Å².